The Hall–Kier alpha value is -1.65. The average molecular weight is 273 g/mol. The normalized spacial score (nSPS) is 14.1. The van der Waals surface area contributed by atoms with Gasteiger partial charge in [0, 0.05) is 0 Å². The zero-order valence-electron chi connectivity index (χ0n) is 9.55. The van der Waals surface area contributed by atoms with E-state index < -0.39 is 0 Å². The van der Waals surface area contributed by atoms with E-state index in [-0.39, 0.29) is 5.91 Å². The summed E-state index contributed by atoms with van der Waals surface area (Å²) < 4.78 is 0.500. The number of amides is 1. The molecule has 1 N–H and O–H groups in total. The molecular weight excluding hydrogens is 262 g/mol. The molecule has 1 aliphatic heterocycles. The Bertz CT molecular complexity index is 538. The molecule has 0 unspecified atom stereocenters. The van der Waals surface area contributed by atoms with E-state index in [1.807, 2.05) is 0 Å². The molecule has 2 aromatic rings. The number of thiocarbonyl (C=S) groups is 1. The Kier molecular flexibility index (Phi) is 4.12. The number of carbonyl (C=O) groups is 1. The van der Waals surface area contributed by atoms with Crippen molar-refractivity contribution in [1.29, 1.82) is 0 Å². The standard InChI is InChI=1S/C10H8.C4H3NOS2/c1-2-6-10-8-4-3-7-9(10)5-1;1-2-3(6)5-4(7)8-2/h1-8H;1H2,(H,5,6,7). The highest BCUT2D eigenvalue weighted by atomic mass is 32.2. The van der Waals surface area contributed by atoms with E-state index in [1.165, 1.54) is 22.5 Å². The van der Waals surface area contributed by atoms with E-state index in [9.17, 15) is 4.79 Å². The van der Waals surface area contributed by atoms with Crippen LogP contribution in [-0.2, 0) is 4.79 Å². The van der Waals surface area contributed by atoms with Gasteiger partial charge in [-0.2, -0.15) is 0 Å². The lowest BCUT2D eigenvalue weighted by Gasteiger charge is -1.92. The lowest BCUT2D eigenvalue weighted by Crippen LogP contribution is -2.17. The first-order valence-corrected chi connectivity index (χ1v) is 6.55. The van der Waals surface area contributed by atoms with Gasteiger partial charge in [0.05, 0.1) is 4.91 Å². The highest BCUT2D eigenvalue weighted by Gasteiger charge is 2.18. The fraction of sp³-hybridized carbons (Fsp3) is 0. The molecule has 1 saturated heterocycles. The largest absolute Gasteiger partial charge is 0.307 e. The molecule has 0 radical (unpaired) electrons. The predicted molar refractivity (Wildman–Crippen MR) is 81.4 cm³/mol. The van der Waals surface area contributed by atoms with Crippen LogP contribution < -0.4 is 5.32 Å². The fourth-order valence-electron chi connectivity index (χ4n) is 1.48. The van der Waals surface area contributed by atoms with Crippen molar-refractivity contribution in [3.8, 4) is 0 Å². The van der Waals surface area contributed by atoms with Crippen molar-refractivity contribution in [3.05, 3.63) is 60.0 Å². The van der Waals surface area contributed by atoms with Crippen molar-refractivity contribution in [2.45, 2.75) is 0 Å². The molecular formula is C14H11NOS2. The molecule has 0 bridgehead atoms. The van der Waals surface area contributed by atoms with Gasteiger partial charge in [0.2, 0.25) is 0 Å². The Balaban J connectivity index is 0.000000138. The van der Waals surface area contributed by atoms with Crippen LogP contribution in [0.2, 0.25) is 0 Å². The van der Waals surface area contributed by atoms with Crippen molar-refractivity contribution in [1.82, 2.24) is 5.32 Å². The molecule has 2 nitrogen and oxygen atoms in total. The van der Waals surface area contributed by atoms with E-state index in [0.717, 1.165) is 0 Å². The zero-order valence-corrected chi connectivity index (χ0v) is 11.2. The molecule has 1 heterocycles. The van der Waals surface area contributed by atoms with Crippen LogP contribution in [0.15, 0.2) is 60.0 Å². The van der Waals surface area contributed by atoms with Gasteiger partial charge in [-0.25, -0.2) is 0 Å². The van der Waals surface area contributed by atoms with Gasteiger partial charge in [-0.05, 0) is 10.8 Å². The van der Waals surface area contributed by atoms with Crippen LogP contribution in [0.5, 0.6) is 0 Å². The number of hydrogen-bond acceptors (Lipinski definition) is 3. The summed E-state index contributed by atoms with van der Waals surface area (Å²) in [7, 11) is 0. The quantitative estimate of drug-likeness (QED) is 0.588. The highest BCUT2D eigenvalue weighted by molar-refractivity contribution is 8.26. The van der Waals surface area contributed by atoms with Crippen LogP contribution >= 0.6 is 24.0 Å². The maximum absolute atomic E-state index is 10.5. The third kappa shape index (κ3) is 3.18. The summed E-state index contributed by atoms with van der Waals surface area (Å²) in [5.41, 5.74) is 0. The highest BCUT2D eigenvalue weighted by Crippen LogP contribution is 2.20. The Morgan fingerprint density at radius 2 is 1.44 bits per heavy atom. The van der Waals surface area contributed by atoms with E-state index in [1.54, 1.807) is 0 Å². The molecule has 0 aliphatic carbocycles. The molecule has 2 aromatic carbocycles. The Morgan fingerprint density at radius 1 is 1.00 bits per heavy atom. The summed E-state index contributed by atoms with van der Waals surface area (Å²) >= 11 is 5.85. The predicted octanol–water partition coefficient (Wildman–Crippen LogP) is 3.49. The van der Waals surface area contributed by atoms with Crippen LogP contribution in [-0.4, -0.2) is 10.2 Å². The summed E-state index contributed by atoms with van der Waals surface area (Å²) in [4.78, 5) is 10.9. The van der Waals surface area contributed by atoms with Crippen LogP contribution in [0.1, 0.15) is 0 Å². The SMILES string of the molecule is C=C1SC(=S)NC1=O.c1ccc2ccccc2c1. The van der Waals surface area contributed by atoms with Crippen molar-refractivity contribution >= 4 is 45.0 Å². The van der Waals surface area contributed by atoms with Gasteiger partial charge in [0.25, 0.3) is 5.91 Å². The molecule has 0 aromatic heterocycles. The first-order chi connectivity index (χ1) is 8.66. The molecule has 18 heavy (non-hydrogen) atoms. The number of thioether (sulfide) groups is 1. The molecule has 1 amide bonds. The Labute approximate surface area is 115 Å². The van der Waals surface area contributed by atoms with Gasteiger partial charge in [-0.3, -0.25) is 4.79 Å². The van der Waals surface area contributed by atoms with Gasteiger partial charge in [0.1, 0.15) is 4.32 Å². The molecule has 1 aliphatic rings. The topological polar surface area (TPSA) is 29.1 Å². The minimum absolute atomic E-state index is 0.167. The second-order valence-electron chi connectivity index (χ2n) is 3.61. The van der Waals surface area contributed by atoms with Crippen molar-refractivity contribution in [2.24, 2.45) is 0 Å². The van der Waals surface area contributed by atoms with Crippen LogP contribution in [0.4, 0.5) is 0 Å². The van der Waals surface area contributed by atoms with Crippen molar-refractivity contribution < 1.29 is 4.79 Å². The van der Waals surface area contributed by atoms with E-state index in [4.69, 9.17) is 0 Å². The van der Waals surface area contributed by atoms with Crippen molar-refractivity contribution in [3.63, 3.8) is 0 Å². The number of nitrogens with one attached hydrogen (secondary N) is 1. The summed E-state index contributed by atoms with van der Waals surface area (Å²) in [5.74, 6) is -0.167. The first kappa shape index (κ1) is 12.8. The molecule has 0 saturated carbocycles. The van der Waals surface area contributed by atoms with E-state index >= 15 is 0 Å². The molecule has 90 valence electrons. The molecule has 3 rings (SSSR count). The summed E-state index contributed by atoms with van der Waals surface area (Å²) in [6.45, 7) is 3.45. The lowest BCUT2D eigenvalue weighted by atomic mass is 10.1. The smallest absolute Gasteiger partial charge is 0.262 e. The molecule has 4 heteroatoms. The second-order valence-corrected chi connectivity index (χ2v) is 5.39. The number of fused-ring (bicyclic) bond motifs is 1. The summed E-state index contributed by atoms with van der Waals surface area (Å²) in [6, 6.07) is 16.7. The fourth-order valence-corrected chi connectivity index (χ4v) is 2.38. The molecule has 1 fully saturated rings. The minimum atomic E-state index is -0.167. The number of hydrogen-bond donors (Lipinski definition) is 1. The monoisotopic (exact) mass is 273 g/mol. The molecule has 0 spiro atoms. The number of carbonyl (C=O) groups excluding carboxylic acids is 1. The second kappa shape index (κ2) is 5.80. The molecule has 0 atom stereocenters. The van der Waals surface area contributed by atoms with Gasteiger partial charge in [-0.15, -0.1) is 0 Å². The van der Waals surface area contributed by atoms with Crippen LogP contribution in [0.3, 0.4) is 0 Å². The average Bonchev–Trinajstić information content (AvgIpc) is 2.67. The third-order valence-corrected chi connectivity index (χ3v) is 3.41. The maximum atomic E-state index is 10.5. The third-order valence-electron chi connectivity index (χ3n) is 2.34. The van der Waals surface area contributed by atoms with Gasteiger partial charge in [0.15, 0.2) is 0 Å². The van der Waals surface area contributed by atoms with Gasteiger partial charge < -0.3 is 5.32 Å². The number of benzene rings is 2. The minimum Gasteiger partial charge on any atom is -0.307 e. The van der Waals surface area contributed by atoms with E-state index in [2.05, 4.69) is 72.6 Å². The zero-order chi connectivity index (χ0) is 13.0. The maximum Gasteiger partial charge on any atom is 0.262 e. The number of rotatable bonds is 0. The summed E-state index contributed by atoms with van der Waals surface area (Å²) in [6.07, 6.45) is 0. The van der Waals surface area contributed by atoms with E-state index in [0.29, 0.717) is 9.23 Å². The Morgan fingerprint density at radius 3 is 1.67 bits per heavy atom. The van der Waals surface area contributed by atoms with Crippen LogP contribution in [0, 0.1) is 0 Å². The van der Waals surface area contributed by atoms with Gasteiger partial charge >= 0.3 is 0 Å². The van der Waals surface area contributed by atoms with Gasteiger partial charge in [-0.1, -0.05) is 79.1 Å². The van der Waals surface area contributed by atoms with Crippen LogP contribution in [0.25, 0.3) is 10.8 Å². The lowest BCUT2D eigenvalue weighted by molar-refractivity contribution is -0.115. The van der Waals surface area contributed by atoms with Crippen molar-refractivity contribution in [2.75, 3.05) is 0 Å². The first-order valence-electron chi connectivity index (χ1n) is 5.32. The summed E-state index contributed by atoms with van der Waals surface area (Å²) in [5, 5.41) is 5.04.